The van der Waals surface area contributed by atoms with Crippen molar-refractivity contribution in [3.8, 4) is 0 Å². The fourth-order valence-corrected chi connectivity index (χ4v) is 3.32. The molecule has 1 aromatic heterocycles. The molecule has 1 aromatic carbocycles. The molecule has 1 aliphatic heterocycles. The maximum absolute atomic E-state index is 4.31. The molecule has 0 aliphatic carbocycles. The van der Waals surface area contributed by atoms with Gasteiger partial charge in [-0.05, 0) is 45.0 Å². The van der Waals surface area contributed by atoms with E-state index in [0.717, 1.165) is 5.52 Å². The highest BCUT2D eigenvalue weighted by molar-refractivity contribution is 7.16. The van der Waals surface area contributed by atoms with Crippen LogP contribution >= 0.6 is 11.3 Å². The summed E-state index contributed by atoms with van der Waals surface area (Å²) in [6, 6.07) is 7.73. The Morgan fingerprint density at radius 3 is 3.17 bits per heavy atom. The van der Waals surface area contributed by atoms with Crippen LogP contribution in [0.25, 0.3) is 10.2 Å². The van der Waals surface area contributed by atoms with E-state index in [2.05, 4.69) is 47.4 Å². The fourth-order valence-electron chi connectivity index (χ4n) is 2.60. The summed E-state index contributed by atoms with van der Waals surface area (Å²) in [6.07, 6.45) is 2.44. The monoisotopic (exact) mass is 261 g/mol. The second-order valence-electron chi connectivity index (χ2n) is 5.23. The topological polar surface area (TPSA) is 28.2 Å². The lowest BCUT2D eigenvalue weighted by Crippen LogP contribution is -2.42. The van der Waals surface area contributed by atoms with Gasteiger partial charge in [0.25, 0.3) is 0 Å². The van der Waals surface area contributed by atoms with Crippen molar-refractivity contribution in [1.82, 2.24) is 9.88 Å². The van der Waals surface area contributed by atoms with Gasteiger partial charge in [-0.15, -0.1) is 11.3 Å². The largest absolute Gasteiger partial charge is 0.382 e. The molecule has 2 heterocycles. The minimum atomic E-state index is 0.599. The van der Waals surface area contributed by atoms with Gasteiger partial charge >= 0.3 is 0 Å². The van der Waals surface area contributed by atoms with Gasteiger partial charge in [-0.2, -0.15) is 0 Å². The number of likely N-dealkylation sites (tertiary alicyclic amines) is 1. The lowest BCUT2D eigenvalue weighted by molar-refractivity contribution is 0.190. The van der Waals surface area contributed by atoms with Crippen LogP contribution in [-0.2, 0) is 0 Å². The molecule has 0 saturated carbocycles. The van der Waals surface area contributed by atoms with Crippen molar-refractivity contribution >= 4 is 27.2 Å². The summed E-state index contributed by atoms with van der Waals surface area (Å²) in [5.41, 5.74) is 4.24. The molecule has 2 unspecified atom stereocenters. The SMILES string of the molecule is CC1CC(Nc2ccc3ncsc3c2)CCN1C. The second kappa shape index (κ2) is 4.86. The highest BCUT2D eigenvalue weighted by atomic mass is 32.1. The summed E-state index contributed by atoms with van der Waals surface area (Å²) < 4.78 is 1.26. The quantitative estimate of drug-likeness (QED) is 0.900. The van der Waals surface area contributed by atoms with Crippen LogP contribution in [-0.4, -0.2) is 35.6 Å². The van der Waals surface area contributed by atoms with Crippen LogP contribution in [0, 0.1) is 0 Å². The lowest BCUT2D eigenvalue weighted by Gasteiger charge is -2.35. The molecule has 2 aromatic rings. The van der Waals surface area contributed by atoms with E-state index in [1.54, 1.807) is 11.3 Å². The molecule has 1 saturated heterocycles. The molecule has 1 aliphatic rings. The van der Waals surface area contributed by atoms with Gasteiger partial charge in [-0.3, -0.25) is 0 Å². The molecule has 0 bridgehead atoms. The van der Waals surface area contributed by atoms with Crippen molar-refractivity contribution in [3.05, 3.63) is 23.7 Å². The first-order chi connectivity index (χ1) is 8.72. The summed E-state index contributed by atoms with van der Waals surface area (Å²) in [5.74, 6) is 0. The number of thiazole rings is 1. The standard InChI is InChI=1S/C14H19N3S/c1-10-7-12(5-6-17(10)2)16-11-3-4-13-14(8-11)18-9-15-13/h3-4,8-10,12,16H,5-7H2,1-2H3. The average Bonchev–Trinajstić information content (AvgIpc) is 2.81. The van der Waals surface area contributed by atoms with Crippen molar-refractivity contribution in [2.45, 2.75) is 31.8 Å². The average molecular weight is 261 g/mol. The molecule has 2 atom stereocenters. The third-order valence-electron chi connectivity index (χ3n) is 3.91. The first kappa shape index (κ1) is 11.9. The molecule has 18 heavy (non-hydrogen) atoms. The predicted octanol–water partition coefficient (Wildman–Crippen LogP) is 3.19. The van der Waals surface area contributed by atoms with Crippen LogP contribution in [0.3, 0.4) is 0 Å². The number of hydrogen-bond donors (Lipinski definition) is 1. The van der Waals surface area contributed by atoms with Gasteiger partial charge in [0.05, 0.1) is 15.7 Å². The van der Waals surface area contributed by atoms with Crippen molar-refractivity contribution in [3.63, 3.8) is 0 Å². The normalized spacial score (nSPS) is 25.4. The van der Waals surface area contributed by atoms with Crippen molar-refractivity contribution < 1.29 is 0 Å². The number of hydrogen-bond acceptors (Lipinski definition) is 4. The van der Waals surface area contributed by atoms with E-state index in [0.29, 0.717) is 12.1 Å². The Morgan fingerprint density at radius 2 is 2.33 bits per heavy atom. The van der Waals surface area contributed by atoms with Gasteiger partial charge in [0.2, 0.25) is 0 Å². The Morgan fingerprint density at radius 1 is 1.44 bits per heavy atom. The number of aromatic nitrogens is 1. The highest BCUT2D eigenvalue weighted by Gasteiger charge is 2.22. The van der Waals surface area contributed by atoms with Crippen LogP contribution in [0.15, 0.2) is 23.7 Å². The smallest absolute Gasteiger partial charge is 0.0813 e. The third kappa shape index (κ3) is 2.35. The predicted molar refractivity (Wildman–Crippen MR) is 78.4 cm³/mol. The van der Waals surface area contributed by atoms with Gasteiger partial charge in [-0.25, -0.2) is 4.98 Å². The van der Waals surface area contributed by atoms with Crippen LogP contribution in [0.4, 0.5) is 5.69 Å². The van der Waals surface area contributed by atoms with E-state index in [4.69, 9.17) is 0 Å². The number of rotatable bonds is 2. The van der Waals surface area contributed by atoms with Crippen LogP contribution in [0.2, 0.25) is 0 Å². The number of anilines is 1. The Kier molecular flexibility index (Phi) is 3.22. The highest BCUT2D eigenvalue weighted by Crippen LogP contribution is 2.24. The van der Waals surface area contributed by atoms with Crippen molar-refractivity contribution in [1.29, 1.82) is 0 Å². The van der Waals surface area contributed by atoms with Crippen LogP contribution in [0.1, 0.15) is 19.8 Å². The Hall–Kier alpha value is -1.13. The summed E-state index contributed by atoms with van der Waals surface area (Å²) in [4.78, 5) is 6.75. The number of nitrogens with zero attached hydrogens (tertiary/aromatic N) is 2. The van der Waals surface area contributed by atoms with Crippen LogP contribution in [0.5, 0.6) is 0 Å². The number of piperidine rings is 1. The zero-order chi connectivity index (χ0) is 12.5. The van der Waals surface area contributed by atoms with E-state index < -0.39 is 0 Å². The number of fused-ring (bicyclic) bond motifs is 1. The molecule has 0 amide bonds. The fraction of sp³-hybridized carbons (Fsp3) is 0.500. The third-order valence-corrected chi connectivity index (χ3v) is 4.70. The summed E-state index contributed by atoms with van der Waals surface area (Å²) in [5, 5.41) is 3.67. The maximum Gasteiger partial charge on any atom is 0.0813 e. The van der Waals surface area contributed by atoms with Gasteiger partial charge in [-0.1, -0.05) is 0 Å². The van der Waals surface area contributed by atoms with Gasteiger partial charge in [0.1, 0.15) is 0 Å². The molecule has 96 valence electrons. The Labute approximate surface area is 112 Å². The first-order valence-electron chi connectivity index (χ1n) is 6.52. The summed E-state index contributed by atoms with van der Waals surface area (Å²) in [7, 11) is 2.21. The minimum Gasteiger partial charge on any atom is -0.382 e. The van der Waals surface area contributed by atoms with E-state index >= 15 is 0 Å². The zero-order valence-corrected chi connectivity index (χ0v) is 11.7. The number of nitrogens with one attached hydrogen (secondary N) is 1. The van der Waals surface area contributed by atoms with Crippen molar-refractivity contribution in [2.75, 3.05) is 18.9 Å². The Balaban J connectivity index is 1.72. The first-order valence-corrected chi connectivity index (χ1v) is 7.40. The Bertz CT molecular complexity index is 537. The van der Waals surface area contributed by atoms with Crippen LogP contribution < -0.4 is 5.32 Å². The molecule has 0 radical (unpaired) electrons. The van der Waals surface area contributed by atoms with E-state index in [-0.39, 0.29) is 0 Å². The van der Waals surface area contributed by atoms with E-state index in [9.17, 15) is 0 Å². The molecule has 4 heteroatoms. The summed E-state index contributed by atoms with van der Waals surface area (Å²) in [6.45, 7) is 3.49. The lowest BCUT2D eigenvalue weighted by atomic mass is 9.99. The van der Waals surface area contributed by atoms with E-state index in [1.807, 2.05) is 5.51 Å². The second-order valence-corrected chi connectivity index (χ2v) is 6.12. The molecule has 3 rings (SSSR count). The minimum absolute atomic E-state index is 0.599. The number of benzene rings is 1. The maximum atomic E-state index is 4.31. The van der Waals surface area contributed by atoms with Gasteiger partial charge in [0.15, 0.2) is 0 Å². The molecule has 0 spiro atoms. The van der Waals surface area contributed by atoms with Crippen molar-refractivity contribution in [2.24, 2.45) is 0 Å². The van der Waals surface area contributed by atoms with Gasteiger partial charge in [0, 0.05) is 24.3 Å². The summed E-state index contributed by atoms with van der Waals surface area (Å²) >= 11 is 1.71. The zero-order valence-electron chi connectivity index (χ0n) is 10.9. The van der Waals surface area contributed by atoms with E-state index in [1.165, 1.54) is 29.8 Å². The molecule has 1 fully saturated rings. The molecule has 3 nitrogen and oxygen atoms in total. The molecular weight excluding hydrogens is 242 g/mol. The molecule has 1 N–H and O–H groups in total. The molecular formula is C14H19N3S. The van der Waals surface area contributed by atoms with Gasteiger partial charge < -0.3 is 10.2 Å².